The van der Waals surface area contributed by atoms with E-state index in [0.29, 0.717) is 19.8 Å². The third-order valence-electron chi connectivity index (χ3n) is 5.36. The highest BCUT2D eigenvalue weighted by atomic mass is 16.6. The maximum atomic E-state index is 12.6. The van der Waals surface area contributed by atoms with Gasteiger partial charge in [0.25, 0.3) is 0 Å². The molecule has 0 radical (unpaired) electrons. The standard InChI is InChI=1S/C15H27N3O3/c19-14(12-4-2-1-3-5-12)17-15(8-9-16-18(15)20)13-6-10-21-11-7-13/h12-13,16,20H,1-11H2,(H,17,19). The van der Waals surface area contributed by atoms with Gasteiger partial charge in [0.15, 0.2) is 0 Å². The fourth-order valence-corrected chi connectivity index (χ4v) is 4.05. The molecule has 1 amide bonds. The monoisotopic (exact) mass is 297 g/mol. The zero-order chi connectivity index (χ0) is 14.7. The average Bonchev–Trinajstić information content (AvgIpc) is 2.91. The summed E-state index contributed by atoms with van der Waals surface area (Å²) in [5, 5.41) is 14.7. The van der Waals surface area contributed by atoms with Gasteiger partial charge in [-0.3, -0.25) is 10.0 Å². The van der Waals surface area contributed by atoms with Gasteiger partial charge in [0.1, 0.15) is 5.66 Å². The van der Waals surface area contributed by atoms with E-state index in [1.54, 1.807) is 0 Å². The number of hydrogen-bond donors (Lipinski definition) is 3. The lowest BCUT2D eigenvalue weighted by atomic mass is 9.82. The SMILES string of the molecule is O=C(NC1(C2CCOCC2)CCNN1O)C1CCCCC1. The summed E-state index contributed by atoms with van der Waals surface area (Å²) < 4.78 is 5.43. The number of carbonyl (C=O) groups excluding carboxylic acids is 1. The Morgan fingerprint density at radius 3 is 2.52 bits per heavy atom. The molecule has 3 rings (SSSR count). The molecular formula is C15H27N3O3. The summed E-state index contributed by atoms with van der Waals surface area (Å²) in [6, 6.07) is 0. The first-order chi connectivity index (χ1) is 10.2. The second-order valence-electron chi connectivity index (χ2n) is 6.61. The molecule has 3 fully saturated rings. The molecule has 1 aliphatic carbocycles. The van der Waals surface area contributed by atoms with E-state index in [9.17, 15) is 10.0 Å². The number of carbonyl (C=O) groups is 1. The van der Waals surface area contributed by atoms with E-state index >= 15 is 0 Å². The van der Waals surface area contributed by atoms with Crippen molar-refractivity contribution >= 4 is 5.91 Å². The topological polar surface area (TPSA) is 73.8 Å². The zero-order valence-corrected chi connectivity index (χ0v) is 12.6. The largest absolute Gasteiger partial charge is 0.381 e. The van der Waals surface area contributed by atoms with Gasteiger partial charge >= 0.3 is 0 Å². The Balaban J connectivity index is 1.71. The number of rotatable bonds is 3. The number of hydrazine groups is 1. The summed E-state index contributed by atoms with van der Waals surface area (Å²) in [6.45, 7) is 2.11. The molecule has 2 aliphatic heterocycles. The average molecular weight is 297 g/mol. The Morgan fingerprint density at radius 1 is 1.19 bits per heavy atom. The van der Waals surface area contributed by atoms with Crippen molar-refractivity contribution in [2.45, 2.75) is 57.0 Å². The van der Waals surface area contributed by atoms with Crippen LogP contribution in [0.4, 0.5) is 0 Å². The van der Waals surface area contributed by atoms with Crippen LogP contribution in [0.3, 0.4) is 0 Å². The van der Waals surface area contributed by atoms with Crippen molar-refractivity contribution in [1.82, 2.24) is 15.9 Å². The molecule has 1 unspecified atom stereocenters. The molecule has 2 heterocycles. The molecule has 0 spiro atoms. The Bertz CT molecular complexity index is 367. The fourth-order valence-electron chi connectivity index (χ4n) is 4.05. The minimum Gasteiger partial charge on any atom is -0.381 e. The summed E-state index contributed by atoms with van der Waals surface area (Å²) in [6.07, 6.45) is 7.98. The molecule has 1 atom stereocenters. The van der Waals surface area contributed by atoms with E-state index in [4.69, 9.17) is 4.74 Å². The van der Waals surface area contributed by atoms with E-state index in [1.807, 2.05) is 0 Å². The lowest BCUT2D eigenvalue weighted by Gasteiger charge is -2.43. The summed E-state index contributed by atoms with van der Waals surface area (Å²) in [7, 11) is 0. The van der Waals surface area contributed by atoms with Gasteiger partial charge in [0.2, 0.25) is 5.91 Å². The lowest BCUT2D eigenvalue weighted by molar-refractivity contribution is -0.221. The molecule has 6 nitrogen and oxygen atoms in total. The molecule has 3 N–H and O–H groups in total. The third-order valence-corrected chi connectivity index (χ3v) is 5.36. The van der Waals surface area contributed by atoms with E-state index < -0.39 is 5.66 Å². The molecular weight excluding hydrogens is 270 g/mol. The Labute approximate surface area is 126 Å². The van der Waals surface area contributed by atoms with Crippen LogP contribution >= 0.6 is 0 Å². The van der Waals surface area contributed by atoms with Crippen molar-refractivity contribution in [3.8, 4) is 0 Å². The van der Waals surface area contributed by atoms with Gasteiger partial charge in [-0.2, -0.15) is 0 Å². The van der Waals surface area contributed by atoms with Gasteiger partial charge in [-0.15, -0.1) is 5.17 Å². The quantitative estimate of drug-likeness (QED) is 0.734. The van der Waals surface area contributed by atoms with Crippen LogP contribution in [0.1, 0.15) is 51.4 Å². The van der Waals surface area contributed by atoms with Crippen LogP contribution in [0, 0.1) is 11.8 Å². The minimum absolute atomic E-state index is 0.115. The molecule has 0 bridgehead atoms. The number of nitrogens with zero attached hydrogens (tertiary/aromatic N) is 1. The second kappa shape index (κ2) is 6.60. The van der Waals surface area contributed by atoms with Gasteiger partial charge < -0.3 is 10.1 Å². The molecule has 0 aromatic carbocycles. The first-order valence-electron chi connectivity index (χ1n) is 8.35. The molecule has 0 aromatic heterocycles. The van der Waals surface area contributed by atoms with E-state index in [2.05, 4.69) is 10.7 Å². The van der Waals surface area contributed by atoms with Crippen molar-refractivity contribution in [3.63, 3.8) is 0 Å². The van der Waals surface area contributed by atoms with Crippen LogP contribution in [-0.4, -0.2) is 41.7 Å². The van der Waals surface area contributed by atoms with Crippen LogP contribution in [0.25, 0.3) is 0 Å². The van der Waals surface area contributed by atoms with E-state index in [-0.39, 0.29) is 17.7 Å². The summed E-state index contributed by atoms with van der Waals surface area (Å²) in [5.41, 5.74) is 2.29. The van der Waals surface area contributed by atoms with Gasteiger partial charge in [-0.05, 0) is 25.7 Å². The summed E-state index contributed by atoms with van der Waals surface area (Å²) in [5.74, 6) is 0.465. The first-order valence-corrected chi connectivity index (χ1v) is 8.35. The van der Waals surface area contributed by atoms with E-state index in [0.717, 1.165) is 50.1 Å². The zero-order valence-electron chi connectivity index (χ0n) is 12.6. The minimum atomic E-state index is -0.654. The maximum absolute atomic E-state index is 12.6. The predicted molar refractivity (Wildman–Crippen MR) is 77.2 cm³/mol. The highest BCUT2D eigenvalue weighted by Gasteiger charge is 2.49. The smallest absolute Gasteiger partial charge is 0.224 e. The van der Waals surface area contributed by atoms with Gasteiger partial charge in [0, 0.05) is 38.0 Å². The van der Waals surface area contributed by atoms with Crippen molar-refractivity contribution in [3.05, 3.63) is 0 Å². The van der Waals surface area contributed by atoms with Crippen LogP contribution in [-0.2, 0) is 9.53 Å². The summed E-state index contributed by atoms with van der Waals surface area (Å²) in [4.78, 5) is 12.6. The third kappa shape index (κ3) is 3.08. The van der Waals surface area contributed by atoms with Crippen molar-refractivity contribution in [2.24, 2.45) is 11.8 Å². The highest BCUT2D eigenvalue weighted by Crippen LogP contribution is 2.35. The summed E-state index contributed by atoms with van der Waals surface area (Å²) >= 11 is 0. The van der Waals surface area contributed by atoms with E-state index in [1.165, 1.54) is 6.42 Å². The van der Waals surface area contributed by atoms with Gasteiger partial charge in [-0.25, -0.2) is 5.43 Å². The highest BCUT2D eigenvalue weighted by molar-refractivity contribution is 5.79. The van der Waals surface area contributed by atoms with Crippen molar-refractivity contribution < 1.29 is 14.7 Å². The van der Waals surface area contributed by atoms with Crippen LogP contribution in [0.5, 0.6) is 0 Å². The first kappa shape index (κ1) is 15.2. The molecule has 3 aliphatic rings. The van der Waals surface area contributed by atoms with Crippen molar-refractivity contribution in [2.75, 3.05) is 19.8 Å². The van der Waals surface area contributed by atoms with Crippen LogP contribution < -0.4 is 10.7 Å². The van der Waals surface area contributed by atoms with Crippen molar-refractivity contribution in [1.29, 1.82) is 0 Å². The second-order valence-corrected chi connectivity index (χ2v) is 6.61. The number of hydroxylamine groups is 1. The Kier molecular flexibility index (Phi) is 4.78. The number of amides is 1. The lowest BCUT2D eigenvalue weighted by Crippen LogP contribution is -2.64. The Hall–Kier alpha value is -0.690. The molecule has 1 saturated carbocycles. The number of hydrogen-bond acceptors (Lipinski definition) is 5. The van der Waals surface area contributed by atoms with Gasteiger partial charge in [-0.1, -0.05) is 19.3 Å². The van der Waals surface area contributed by atoms with Gasteiger partial charge in [0.05, 0.1) is 0 Å². The molecule has 21 heavy (non-hydrogen) atoms. The van der Waals surface area contributed by atoms with Crippen LogP contribution in [0.15, 0.2) is 0 Å². The molecule has 2 saturated heterocycles. The Morgan fingerprint density at radius 2 is 1.90 bits per heavy atom. The predicted octanol–water partition coefficient (Wildman–Crippen LogP) is 1.41. The normalized spacial score (nSPS) is 33.2. The number of nitrogens with one attached hydrogen (secondary N) is 2. The van der Waals surface area contributed by atoms with Crippen LogP contribution in [0.2, 0.25) is 0 Å². The fraction of sp³-hybridized carbons (Fsp3) is 0.933. The number of ether oxygens (including phenoxy) is 1. The molecule has 6 heteroatoms. The maximum Gasteiger partial charge on any atom is 0.224 e. The molecule has 0 aromatic rings. The molecule has 120 valence electrons.